The molecule has 0 radical (unpaired) electrons. The van der Waals surface area contributed by atoms with Crippen LogP contribution in [-0.2, 0) is 16.1 Å². The van der Waals surface area contributed by atoms with E-state index in [-0.39, 0.29) is 19.0 Å². The minimum atomic E-state index is -4.58. The third-order valence-electron chi connectivity index (χ3n) is 5.93. The molecule has 1 amide bonds. The summed E-state index contributed by atoms with van der Waals surface area (Å²) in [5.41, 5.74) is 3.33. The van der Waals surface area contributed by atoms with Gasteiger partial charge in [0.15, 0.2) is 6.10 Å². The normalized spacial score (nSPS) is 23.6. The molecule has 2 aliphatic heterocycles. The monoisotopic (exact) mass is 443 g/mol. The van der Waals surface area contributed by atoms with Crippen LogP contribution in [-0.4, -0.2) is 78.0 Å². The quantitative estimate of drug-likeness (QED) is 0.729. The van der Waals surface area contributed by atoms with Crippen molar-refractivity contribution in [2.45, 2.75) is 51.1 Å². The van der Waals surface area contributed by atoms with Gasteiger partial charge in [0.25, 0.3) is 0 Å². The number of nitrogens with one attached hydrogen (secondary N) is 1. The first-order chi connectivity index (χ1) is 14.5. The van der Waals surface area contributed by atoms with Crippen molar-refractivity contribution in [1.82, 2.24) is 15.1 Å². The van der Waals surface area contributed by atoms with E-state index in [1.807, 2.05) is 19.1 Å². The Hall–Kier alpha value is -2.33. The van der Waals surface area contributed by atoms with Crippen LogP contribution in [0.3, 0.4) is 0 Å². The molecule has 1 aromatic carbocycles. The number of benzene rings is 1. The lowest BCUT2D eigenvalue weighted by atomic mass is 9.90. The number of aliphatic carboxylic acids is 1. The van der Waals surface area contributed by atoms with Gasteiger partial charge in [-0.1, -0.05) is 23.8 Å². The third kappa shape index (κ3) is 5.88. The van der Waals surface area contributed by atoms with Crippen LogP contribution in [0.1, 0.15) is 36.0 Å². The highest BCUT2D eigenvalue weighted by Gasteiger charge is 2.40. The molecule has 2 aliphatic rings. The van der Waals surface area contributed by atoms with E-state index in [4.69, 9.17) is 0 Å². The van der Waals surface area contributed by atoms with Crippen LogP contribution in [0.25, 0.3) is 0 Å². The molecule has 2 unspecified atom stereocenters. The molecule has 2 saturated heterocycles. The maximum atomic E-state index is 12.6. The van der Waals surface area contributed by atoms with Gasteiger partial charge in [0.05, 0.1) is 0 Å². The number of nitrogens with zero attached hydrogens (tertiary/aromatic N) is 2. The smallest absolute Gasteiger partial charge is 0.425 e. The molecule has 10 heteroatoms. The van der Waals surface area contributed by atoms with Crippen LogP contribution in [0.4, 0.5) is 18.0 Å². The van der Waals surface area contributed by atoms with Gasteiger partial charge in [0.1, 0.15) is 6.04 Å². The molecule has 2 fully saturated rings. The largest absolute Gasteiger partial charge is 0.480 e. The van der Waals surface area contributed by atoms with E-state index in [9.17, 15) is 27.9 Å². The van der Waals surface area contributed by atoms with Crippen LogP contribution < -0.4 is 5.32 Å². The summed E-state index contributed by atoms with van der Waals surface area (Å²) in [6.07, 6.45) is -7.13. The maximum absolute atomic E-state index is 12.6. The van der Waals surface area contributed by atoms with Gasteiger partial charge in [0, 0.05) is 39.3 Å². The minimum absolute atomic E-state index is 0.108. The topological polar surface area (TPSA) is 82.1 Å². The average molecular weight is 443 g/mol. The number of rotatable bonds is 5. The Balaban J connectivity index is 1.58. The first-order valence-electron chi connectivity index (χ1n) is 10.3. The van der Waals surface area contributed by atoms with E-state index in [0.29, 0.717) is 32.6 Å². The molecule has 2 heterocycles. The summed E-state index contributed by atoms with van der Waals surface area (Å²) in [5, 5.41) is 12.3. The summed E-state index contributed by atoms with van der Waals surface area (Å²) in [6.45, 7) is 5.66. The highest BCUT2D eigenvalue weighted by atomic mass is 19.4. The molecule has 3 rings (SSSR count). The number of hydrogen-bond donors (Lipinski definition) is 2. The van der Waals surface area contributed by atoms with Crippen LogP contribution in [0, 0.1) is 6.92 Å². The lowest BCUT2D eigenvalue weighted by Gasteiger charge is -2.35. The average Bonchev–Trinajstić information content (AvgIpc) is 3.19. The lowest BCUT2D eigenvalue weighted by molar-refractivity contribution is -0.200. The number of carbonyl (C=O) groups is 2. The second-order valence-corrected chi connectivity index (χ2v) is 8.26. The number of ether oxygens (including phenoxy) is 1. The van der Waals surface area contributed by atoms with E-state index in [1.54, 1.807) is 0 Å². The second-order valence-electron chi connectivity index (χ2n) is 8.26. The molecule has 2 N–H and O–H groups in total. The predicted molar refractivity (Wildman–Crippen MR) is 107 cm³/mol. The summed E-state index contributed by atoms with van der Waals surface area (Å²) >= 11 is 0. The predicted octanol–water partition coefficient (Wildman–Crippen LogP) is 2.73. The number of halogens is 3. The zero-order valence-corrected chi connectivity index (χ0v) is 17.6. The molecule has 1 aromatic rings. The maximum Gasteiger partial charge on any atom is 0.425 e. The van der Waals surface area contributed by atoms with Gasteiger partial charge in [-0.05, 0) is 37.3 Å². The summed E-state index contributed by atoms with van der Waals surface area (Å²) in [6, 6.07) is 5.61. The lowest BCUT2D eigenvalue weighted by Crippen LogP contribution is -2.49. The number of carbonyl (C=O) groups excluding carboxylic acids is 1. The van der Waals surface area contributed by atoms with Crippen molar-refractivity contribution in [3.63, 3.8) is 0 Å². The Labute approximate surface area is 179 Å². The molecular weight excluding hydrogens is 415 g/mol. The fourth-order valence-electron chi connectivity index (χ4n) is 4.02. The molecule has 0 saturated carbocycles. The molecule has 0 aliphatic carbocycles. The van der Waals surface area contributed by atoms with E-state index in [0.717, 1.165) is 23.6 Å². The third-order valence-corrected chi connectivity index (χ3v) is 5.93. The number of aryl methyl sites for hydroxylation is 1. The molecule has 7 nitrogen and oxygen atoms in total. The number of piperazine rings is 1. The first-order valence-corrected chi connectivity index (χ1v) is 10.3. The van der Waals surface area contributed by atoms with Gasteiger partial charge in [-0.2, -0.15) is 13.2 Å². The number of carboxylic acid groups (broad SMARTS) is 1. The van der Waals surface area contributed by atoms with E-state index in [1.165, 1.54) is 4.90 Å². The van der Waals surface area contributed by atoms with Crippen molar-refractivity contribution < 1.29 is 32.6 Å². The Morgan fingerprint density at radius 3 is 2.52 bits per heavy atom. The summed E-state index contributed by atoms with van der Waals surface area (Å²) in [5.74, 6) is -0.740. The van der Waals surface area contributed by atoms with Gasteiger partial charge in [-0.3, -0.25) is 9.69 Å². The fraction of sp³-hybridized carbons (Fsp3) is 0.619. The Morgan fingerprint density at radius 1 is 1.26 bits per heavy atom. The van der Waals surface area contributed by atoms with Gasteiger partial charge in [0.2, 0.25) is 0 Å². The van der Waals surface area contributed by atoms with Crippen molar-refractivity contribution in [2.24, 2.45) is 0 Å². The second kappa shape index (κ2) is 9.44. The van der Waals surface area contributed by atoms with E-state index >= 15 is 0 Å². The number of hydrogen-bond acceptors (Lipinski definition) is 5. The van der Waals surface area contributed by atoms with Crippen LogP contribution in [0.2, 0.25) is 0 Å². The number of carboxylic acids is 1. The molecule has 0 bridgehead atoms. The van der Waals surface area contributed by atoms with Crippen molar-refractivity contribution >= 4 is 12.1 Å². The molecule has 31 heavy (non-hydrogen) atoms. The molecule has 0 aromatic heterocycles. The molecular formula is C21H28F3N3O4. The molecule has 3 atom stereocenters. The standard InChI is InChI=1S/C21H28F3N3O4/c1-13-3-4-15(17(9-13)16-10-18(19(28)29)25-11-16)12-26-5-7-27(8-6-26)20(30)31-14(2)21(22,23)24/h3-4,9,14,16,18,25H,5-8,10-12H2,1-2H3,(H,28,29)/t14?,16?,18-/m0/s1. The van der Waals surface area contributed by atoms with Gasteiger partial charge in [-0.15, -0.1) is 0 Å². The van der Waals surface area contributed by atoms with Crippen LogP contribution >= 0.6 is 0 Å². The van der Waals surface area contributed by atoms with Crippen molar-refractivity contribution in [3.8, 4) is 0 Å². The molecule has 0 spiro atoms. The SMILES string of the molecule is Cc1ccc(CN2CCN(C(=O)OC(C)C(F)(F)F)CC2)c(C2CN[C@H](C(=O)O)C2)c1. The van der Waals surface area contributed by atoms with E-state index < -0.39 is 30.4 Å². The van der Waals surface area contributed by atoms with E-state index in [2.05, 4.69) is 21.0 Å². The number of amides is 1. The highest BCUT2D eigenvalue weighted by molar-refractivity contribution is 5.74. The Bertz CT molecular complexity index is 810. The van der Waals surface area contributed by atoms with Crippen molar-refractivity contribution in [2.75, 3.05) is 32.7 Å². The van der Waals surface area contributed by atoms with Crippen molar-refractivity contribution in [3.05, 3.63) is 34.9 Å². The van der Waals surface area contributed by atoms with Gasteiger partial charge in [-0.25, -0.2) is 4.79 Å². The van der Waals surface area contributed by atoms with Crippen LogP contribution in [0.15, 0.2) is 18.2 Å². The summed E-state index contributed by atoms with van der Waals surface area (Å²) < 4.78 is 42.3. The number of alkyl halides is 3. The Morgan fingerprint density at radius 2 is 1.94 bits per heavy atom. The zero-order valence-electron chi connectivity index (χ0n) is 17.6. The Kier molecular flexibility index (Phi) is 7.10. The highest BCUT2D eigenvalue weighted by Crippen LogP contribution is 2.30. The minimum Gasteiger partial charge on any atom is -0.480 e. The zero-order chi connectivity index (χ0) is 22.8. The van der Waals surface area contributed by atoms with Crippen LogP contribution in [0.5, 0.6) is 0 Å². The first kappa shape index (κ1) is 23.3. The van der Waals surface area contributed by atoms with Crippen molar-refractivity contribution in [1.29, 1.82) is 0 Å². The molecule has 172 valence electrons. The van der Waals surface area contributed by atoms with Gasteiger partial charge < -0.3 is 20.1 Å². The fourth-order valence-corrected chi connectivity index (χ4v) is 4.02. The van der Waals surface area contributed by atoms with Gasteiger partial charge >= 0.3 is 18.2 Å². The summed E-state index contributed by atoms with van der Waals surface area (Å²) in [4.78, 5) is 26.7. The summed E-state index contributed by atoms with van der Waals surface area (Å²) in [7, 11) is 0.